The second-order valence-corrected chi connectivity index (χ2v) is 8.95. The van der Waals surface area contributed by atoms with E-state index in [1.807, 2.05) is 12.5 Å². The summed E-state index contributed by atoms with van der Waals surface area (Å²) in [5.41, 5.74) is 4.02. The van der Waals surface area contributed by atoms with Crippen LogP contribution in [0.15, 0.2) is 36.8 Å². The quantitative estimate of drug-likeness (QED) is 0.761. The summed E-state index contributed by atoms with van der Waals surface area (Å²) in [7, 11) is 0. The van der Waals surface area contributed by atoms with Crippen molar-refractivity contribution < 1.29 is 9.53 Å². The maximum atomic E-state index is 12.7. The lowest BCUT2D eigenvalue weighted by molar-refractivity contribution is -0.134. The summed E-state index contributed by atoms with van der Waals surface area (Å²) in [5, 5.41) is 0. The molecule has 1 aromatic heterocycles. The Morgan fingerprint density at radius 2 is 1.83 bits per heavy atom. The molecule has 0 radical (unpaired) electrons. The van der Waals surface area contributed by atoms with Crippen molar-refractivity contribution in [3.8, 4) is 11.3 Å². The number of carbonyl (C=O) groups excluding carboxylic acids is 1. The Morgan fingerprint density at radius 1 is 1.03 bits per heavy atom. The molecule has 29 heavy (non-hydrogen) atoms. The first-order valence-corrected chi connectivity index (χ1v) is 11.3. The van der Waals surface area contributed by atoms with Crippen LogP contribution in [0.3, 0.4) is 0 Å². The molecule has 0 spiro atoms. The molecule has 154 valence electrons. The molecule has 0 saturated carbocycles. The van der Waals surface area contributed by atoms with Gasteiger partial charge in [0.25, 0.3) is 0 Å². The van der Waals surface area contributed by atoms with Crippen molar-refractivity contribution in [1.29, 1.82) is 0 Å². The van der Waals surface area contributed by atoms with Crippen LogP contribution in [0.25, 0.3) is 11.3 Å². The van der Waals surface area contributed by atoms with E-state index >= 15 is 0 Å². The predicted molar refractivity (Wildman–Crippen MR) is 113 cm³/mol. The summed E-state index contributed by atoms with van der Waals surface area (Å²) in [6.07, 6.45) is 11.4. The fourth-order valence-corrected chi connectivity index (χ4v) is 5.42. The highest BCUT2D eigenvalue weighted by Crippen LogP contribution is 2.42. The van der Waals surface area contributed by atoms with Crippen molar-refractivity contribution in [1.82, 2.24) is 14.5 Å². The summed E-state index contributed by atoms with van der Waals surface area (Å²) in [6, 6.07) is 9.16. The molecule has 0 unspecified atom stereocenters. The number of ether oxygens (including phenoxy) is 1. The number of imidazole rings is 1. The molecule has 0 bridgehead atoms. The van der Waals surface area contributed by atoms with Gasteiger partial charge in [0, 0.05) is 38.3 Å². The smallest absolute Gasteiger partial charge is 0.222 e. The number of aromatic nitrogens is 2. The van der Waals surface area contributed by atoms with Gasteiger partial charge < -0.3 is 14.2 Å². The molecular weight excluding hydrogens is 362 g/mol. The van der Waals surface area contributed by atoms with E-state index in [0.29, 0.717) is 17.9 Å². The number of carbonyl (C=O) groups is 1. The van der Waals surface area contributed by atoms with E-state index < -0.39 is 0 Å². The van der Waals surface area contributed by atoms with Crippen LogP contribution >= 0.6 is 0 Å². The molecule has 4 heterocycles. The maximum Gasteiger partial charge on any atom is 0.222 e. The van der Waals surface area contributed by atoms with Gasteiger partial charge in [0.2, 0.25) is 5.91 Å². The number of amides is 1. The molecule has 2 aromatic rings. The van der Waals surface area contributed by atoms with Crippen LogP contribution in [0.4, 0.5) is 0 Å². The van der Waals surface area contributed by atoms with Gasteiger partial charge in [-0.25, -0.2) is 4.98 Å². The van der Waals surface area contributed by atoms with E-state index in [2.05, 4.69) is 38.7 Å². The maximum absolute atomic E-state index is 12.7. The van der Waals surface area contributed by atoms with Crippen molar-refractivity contribution in [2.75, 3.05) is 26.3 Å². The van der Waals surface area contributed by atoms with Crippen LogP contribution in [-0.4, -0.2) is 46.7 Å². The van der Waals surface area contributed by atoms with E-state index in [-0.39, 0.29) is 0 Å². The lowest BCUT2D eigenvalue weighted by Crippen LogP contribution is -2.39. The minimum Gasteiger partial charge on any atom is -0.381 e. The van der Waals surface area contributed by atoms with Crippen LogP contribution in [0.1, 0.15) is 56.6 Å². The molecule has 2 saturated heterocycles. The van der Waals surface area contributed by atoms with Gasteiger partial charge in [-0.05, 0) is 55.9 Å². The van der Waals surface area contributed by atoms with Crippen LogP contribution in [0.2, 0.25) is 0 Å². The fraction of sp³-hybridized carbons (Fsp3) is 0.583. The molecule has 1 atom stereocenters. The number of piperidine rings is 1. The van der Waals surface area contributed by atoms with Crippen LogP contribution in [0, 0.1) is 11.8 Å². The molecule has 0 N–H and O–H groups in total. The lowest BCUT2D eigenvalue weighted by Gasteiger charge is -2.34. The minimum atomic E-state index is 0.364. The zero-order chi connectivity index (χ0) is 19.6. The Bertz CT molecular complexity index is 847. The molecule has 5 heteroatoms. The van der Waals surface area contributed by atoms with Gasteiger partial charge in [0.05, 0.1) is 24.3 Å². The third-order valence-corrected chi connectivity index (χ3v) is 7.22. The third-order valence-electron chi connectivity index (χ3n) is 7.22. The number of benzene rings is 1. The van der Waals surface area contributed by atoms with Crippen molar-refractivity contribution in [3.63, 3.8) is 0 Å². The van der Waals surface area contributed by atoms with Crippen LogP contribution < -0.4 is 0 Å². The number of hydrogen-bond donors (Lipinski definition) is 0. The molecule has 5 rings (SSSR count). The number of fused-ring (bicyclic) bond motifs is 3. The van der Waals surface area contributed by atoms with E-state index in [1.165, 1.54) is 23.2 Å². The zero-order valence-electron chi connectivity index (χ0n) is 17.1. The first kappa shape index (κ1) is 18.9. The Labute approximate surface area is 173 Å². The summed E-state index contributed by atoms with van der Waals surface area (Å²) in [5.74, 6) is 1.62. The molecule has 2 fully saturated rings. The second-order valence-electron chi connectivity index (χ2n) is 8.95. The molecule has 0 aliphatic carbocycles. The highest BCUT2D eigenvalue weighted by Gasteiger charge is 2.30. The van der Waals surface area contributed by atoms with Crippen molar-refractivity contribution in [2.45, 2.75) is 51.0 Å². The van der Waals surface area contributed by atoms with Crippen molar-refractivity contribution in [3.05, 3.63) is 42.4 Å². The van der Waals surface area contributed by atoms with Gasteiger partial charge in [-0.1, -0.05) is 24.3 Å². The summed E-state index contributed by atoms with van der Waals surface area (Å²) >= 11 is 0. The number of nitrogens with zero attached hydrogens (tertiary/aromatic N) is 3. The van der Waals surface area contributed by atoms with Gasteiger partial charge in [-0.15, -0.1) is 0 Å². The Morgan fingerprint density at radius 3 is 2.66 bits per heavy atom. The molecule has 3 aliphatic heterocycles. The van der Waals surface area contributed by atoms with Crippen molar-refractivity contribution in [2.24, 2.45) is 11.8 Å². The molecule has 1 aromatic carbocycles. The summed E-state index contributed by atoms with van der Waals surface area (Å²) in [6.45, 7) is 3.51. The van der Waals surface area contributed by atoms with Crippen LogP contribution in [-0.2, 0) is 9.53 Å². The Balaban J connectivity index is 1.13. The molecule has 1 amide bonds. The summed E-state index contributed by atoms with van der Waals surface area (Å²) < 4.78 is 7.76. The average molecular weight is 394 g/mol. The average Bonchev–Trinajstić information content (AvgIpc) is 3.35. The Kier molecular flexibility index (Phi) is 5.40. The molecular formula is C24H31N3O2. The minimum absolute atomic E-state index is 0.364. The van der Waals surface area contributed by atoms with E-state index in [1.54, 1.807) is 0 Å². The molecule has 3 aliphatic rings. The van der Waals surface area contributed by atoms with Crippen molar-refractivity contribution >= 4 is 5.91 Å². The highest BCUT2D eigenvalue weighted by molar-refractivity contribution is 5.76. The number of rotatable bonds is 5. The highest BCUT2D eigenvalue weighted by atomic mass is 16.5. The first-order valence-electron chi connectivity index (χ1n) is 11.3. The monoisotopic (exact) mass is 393 g/mol. The molecule has 5 nitrogen and oxygen atoms in total. The SMILES string of the molecule is O=C(CC1CCOCC1)N1CCC(CC[C@H]2c3ccccc3-c3cncn32)CC1. The van der Waals surface area contributed by atoms with E-state index in [0.717, 1.165) is 70.7 Å². The number of likely N-dealkylation sites (tertiary alicyclic amines) is 1. The number of hydrogen-bond acceptors (Lipinski definition) is 3. The van der Waals surface area contributed by atoms with Gasteiger partial charge in [0.1, 0.15) is 0 Å². The fourth-order valence-electron chi connectivity index (χ4n) is 5.42. The van der Waals surface area contributed by atoms with E-state index in [9.17, 15) is 4.79 Å². The van der Waals surface area contributed by atoms with Gasteiger partial charge in [0.15, 0.2) is 0 Å². The first-order chi connectivity index (χ1) is 14.3. The summed E-state index contributed by atoms with van der Waals surface area (Å²) in [4.78, 5) is 19.2. The third kappa shape index (κ3) is 3.85. The predicted octanol–water partition coefficient (Wildman–Crippen LogP) is 4.29. The standard InChI is InChI=1S/C24H31N3O2/c28-24(15-19-9-13-29-14-10-19)26-11-7-18(8-12-26)5-6-22-20-3-1-2-4-21(20)23-16-25-17-27(22)23/h1-4,16-19,22H,5-15H2/t22-/m0/s1. The van der Waals surface area contributed by atoms with Crippen LogP contribution in [0.5, 0.6) is 0 Å². The topological polar surface area (TPSA) is 47.4 Å². The lowest BCUT2D eigenvalue weighted by atomic mass is 9.88. The zero-order valence-corrected chi connectivity index (χ0v) is 17.1. The van der Waals surface area contributed by atoms with Gasteiger partial charge >= 0.3 is 0 Å². The second kappa shape index (κ2) is 8.31. The van der Waals surface area contributed by atoms with Gasteiger partial charge in [-0.2, -0.15) is 0 Å². The normalized spacial score (nSPS) is 22.5. The Hall–Kier alpha value is -2.14. The van der Waals surface area contributed by atoms with E-state index in [4.69, 9.17) is 4.74 Å². The largest absolute Gasteiger partial charge is 0.381 e. The van der Waals surface area contributed by atoms with Gasteiger partial charge in [-0.3, -0.25) is 4.79 Å².